The zero-order chi connectivity index (χ0) is 28.1. The average molecular weight is 609 g/mol. The first-order valence-corrected chi connectivity index (χ1v) is 13.6. The Morgan fingerprint density at radius 2 is 1.67 bits per heavy atom. The second kappa shape index (κ2) is 12.3. The van der Waals surface area contributed by atoms with E-state index < -0.39 is 17.1 Å². The topological polar surface area (TPSA) is 105 Å². The molecule has 8 nitrogen and oxygen atoms in total. The molecule has 1 fully saturated rings. The van der Waals surface area contributed by atoms with Gasteiger partial charge >= 0.3 is 0 Å². The van der Waals surface area contributed by atoms with Gasteiger partial charge in [-0.05, 0) is 113 Å². The van der Waals surface area contributed by atoms with Gasteiger partial charge in [-0.2, -0.15) is 0 Å². The van der Waals surface area contributed by atoms with Gasteiger partial charge in [0.15, 0.2) is 6.61 Å². The number of carbonyl (C=O) groups is 4. The van der Waals surface area contributed by atoms with Crippen LogP contribution in [-0.4, -0.2) is 41.0 Å². The van der Waals surface area contributed by atoms with Crippen molar-refractivity contribution < 1.29 is 23.9 Å². The summed E-state index contributed by atoms with van der Waals surface area (Å²) in [6.45, 7) is 5.32. The molecule has 0 aliphatic carbocycles. The maximum absolute atomic E-state index is 12.8. The molecule has 0 saturated carbocycles. The molecule has 200 valence electrons. The zero-order valence-corrected chi connectivity index (χ0v) is 23.9. The molecule has 4 amide bonds. The van der Waals surface area contributed by atoms with Crippen LogP contribution >= 0.6 is 27.7 Å². The highest BCUT2D eigenvalue weighted by atomic mass is 79.9. The van der Waals surface area contributed by atoms with Crippen molar-refractivity contribution in [2.45, 2.75) is 20.8 Å². The summed E-state index contributed by atoms with van der Waals surface area (Å²) in [5.74, 6) is -0.816. The van der Waals surface area contributed by atoms with Crippen molar-refractivity contribution in [1.29, 1.82) is 0 Å². The van der Waals surface area contributed by atoms with E-state index in [1.165, 1.54) is 0 Å². The number of imide groups is 1. The smallest absolute Gasteiger partial charge is 0.294 e. The number of halogens is 1. The van der Waals surface area contributed by atoms with Crippen molar-refractivity contribution in [3.63, 3.8) is 0 Å². The third-order valence-corrected chi connectivity index (χ3v) is 7.45. The number of amides is 4. The van der Waals surface area contributed by atoms with Gasteiger partial charge in [-0.1, -0.05) is 24.3 Å². The van der Waals surface area contributed by atoms with Crippen LogP contribution in [0.4, 0.5) is 16.2 Å². The van der Waals surface area contributed by atoms with Gasteiger partial charge in [0.25, 0.3) is 17.1 Å². The molecule has 0 bridgehead atoms. The quantitative estimate of drug-likeness (QED) is 0.301. The third-order valence-electron chi connectivity index (χ3n) is 5.88. The summed E-state index contributed by atoms with van der Waals surface area (Å²) >= 11 is 4.24. The van der Waals surface area contributed by atoms with Gasteiger partial charge in [0.1, 0.15) is 12.3 Å². The van der Waals surface area contributed by atoms with E-state index in [1.54, 1.807) is 42.5 Å². The summed E-state index contributed by atoms with van der Waals surface area (Å²) in [5, 5.41) is 5.02. The van der Waals surface area contributed by atoms with Crippen LogP contribution in [0.5, 0.6) is 5.75 Å². The number of nitrogens with zero attached hydrogens (tertiary/aromatic N) is 1. The standard InChI is InChI=1S/C29H26BrN3O5S/c1-17-5-4-6-21(11-17)31-26(34)15-33-28(36)25(39-29(33)37)14-20-7-9-22(10-8-20)38-16-27(35)32-24-13-19(3)18(2)12-23(24)30/h4-14H,15-16H2,1-3H3,(H,31,34)(H,32,35)/b25-14+. The molecule has 3 aromatic carbocycles. The number of ether oxygens (including phenoxy) is 1. The minimum absolute atomic E-state index is 0.178. The van der Waals surface area contributed by atoms with Crippen LogP contribution < -0.4 is 15.4 Å². The number of rotatable bonds is 8. The average Bonchev–Trinajstić information content (AvgIpc) is 3.14. The summed E-state index contributed by atoms with van der Waals surface area (Å²) < 4.78 is 6.38. The van der Waals surface area contributed by atoms with Gasteiger partial charge in [-0.15, -0.1) is 0 Å². The summed E-state index contributed by atoms with van der Waals surface area (Å²) in [6.07, 6.45) is 1.58. The van der Waals surface area contributed by atoms with Crippen molar-refractivity contribution in [1.82, 2.24) is 4.90 Å². The lowest BCUT2D eigenvalue weighted by molar-refractivity contribution is -0.127. The minimum atomic E-state index is -0.529. The van der Waals surface area contributed by atoms with E-state index in [4.69, 9.17) is 4.74 Å². The molecule has 1 saturated heterocycles. The van der Waals surface area contributed by atoms with E-state index in [2.05, 4.69) is 26.6 Å². The SMILES string of the molecule is Cc1cccc(NC(=O)CN2C(=O)S/C(=C/c3ccc(OCC(=O)Nc4cc(C)c(C)cc4Br)cc3)C2=O)c1. The van der Waals surface area contributed by atoms with Gasteiger partial charge in [0.05, 0.1) is 10.6 Å². The highest BCUT2D eigenvalue weighted by molar-refractivity contribution is 9.10. The fourth-order valence-electron chi connectivity index (χ4n) is 3.73. The lowest BCUT2D eigenvalue weighted by Gasteiger charge is -2.12. The van der Waals surface area contributed by atoms with E-state index in [9.17, 15) is 19.2 Å². The number of carbonyl (C=O) groups excluding carboxylic acids is 4. The Bertz CT molecular complexity index is 1490. The fourth-order valence-corrected chi connectivity index (χ4v) is 5.12. The Morgan fingerprint density at radius 1 is 0.949 bits per heavy atom. The first kappa shape index (κ1) is 28.1. The fraction of sp³-hybridized carbons (Fsp3) is 0.172. The maximum Gasteiger partial charge on any atom is 0.294 e. The summed E-state index contributed by atoms with van der Waals surface area (Å²) in [4.78, 5) is 51.1. The number of hydrogen-bond donors (Lipinski definition) is 2. The Balaban J connectivity index is 1.31. The molecular weight excluding hydrogens is 582 g/mol. The predicted octanol–water partition coefficient (Wildman–Crippen LogP) is 6.07. The molecule has 39 heavy (non-hydrogen) atoms. The number of benzene rings is 3. The zero-order valence-electron chi connectivity index (χ0n) is 21.5. The van der Waals surface area contributed by atoms with Gasteiger partial charge in [0.2, 0.25) is 5.91 Å². The van der Waals surface area contributed by atoms with Crippen LogP contribution in [0.1, 0.15) is 22.3 Å². The monoisotopic (exact) mass is 607 g/mol. The molecule has 1 heterocycles. The maximum atomic E-state index is 12.8. The van der Waals surface area contributed by atoms with Crippen LogP contribution in [0.25, 0.3) is 6.08 Å². The third kappa shape index (κ3) is 7.36. The first-order chi connectivity index (χ1) is 18.6. The van der Waals surface area contributed by atoms with Crippen molar-refractivity contribution in [3.05, 3.63) is 92.3 Å². The second-order valence-corrected chi connectivity index (χ2v) is 10.9. The normalized spacial score (nSPS) is 14.1. The van der Waals surface area contributed by atoms with E-state index in [-0.39, 0.29) is 24.0 Å². The van der Waals surface area contributed by atoms with Gasteiger partial charge in [-0.3, -0.25) is 24.1 Å². The first-order valence-electron chi connectivity index (χ1n) is 12.0. The molecule has 3 aromatic rings. The molecule has 0 radical (unpaired) electrons. The van der Waals surface area contributed by atoms with Gasteiger partial charge in [0, 0.05) is 10.2 Å². The molecule has 0 spiro atoms. The molecule has 0 aromatic heterocycles. The molecule has 0 unspecified atom stereocenters. The second-order valence-electron chi connectivity index (χ2n) is 9.01. The Hall–Kier alpha value is -3.89. The summed E-state index contributed by atoms with van der Waals surface area (Å²) in [7, 11) is 0. The van der Waals surface area contributed by atoms with Crippen molar-refractivity contribution >= 4 is 68.1 Å². The molecule has 1 aliphatic heterocycles. The molecule has 4 rings (SSSR count). The van der Waals surface area contributed by atoms with E-state index in [0.717, 1.165) is 37.8 Å². The molecule has 10 heteroatoms. The molecule has 2 N–H and O–H groups in total. The van der Waals surface area contributed by atoms with E-state index in [0.29, 0.717) is 22.7 Å². The number of nitrogens with one attached hydrogen (secondary N) is 2. The predicted molar refractivity (Wildman–Crippen MR) is 157 cm³/mol. The highest BCUT2D eigenvalue weighted by Gasteiger charge is 2.36. The summed E-state index contributed by atoms with van der Waals surface area (Å²) in [6, 6.07) is 17.9. The number of aryl methyl sites for hydroxylation is 3. The van der Waals surface area contributed by atoms with Crippen LogP contribution in [0.3, 0.4) is 0 Å². The molecule has 1 aliphatic rings. The van der Waals surface area contributed by atoms with Crippen LogP contribution in [0.2, 0.25) is 0 Å². The summed E-state index contributed by atoms with van der Waals surface area (Å²) in [5.41, 5.74) is 5.09. The van der Waals surface area contributed by atoms with Gasteiger partial charge < -0.3 is 15.4 Å². The largest absolute Gasteiger partial charge is 0.484 e. The highest BCUT2D eigenvalue weighted by Crippen LogP contribution is 2.32. The van der Waals surface area contributed by atoms with E-state index in [1.807, 2.05) is 45.0 Å². The van der Waals surface area contributed by atoms with Crippen LogP contribution in [-0.2, 0) is 14.4 Å². The lowest BCUT2D eigenvalue weighted by atomic mass is 10.1. The minimum Gasteiger partial charge on any atom is -0.484 e. The van der Waals surface area contributed by atoms with Crippen molar-refractivity contribution in [2.75, 3.05) is 23.8 Å². The Kier molecular flexibility index (Phi) is 8.88. The number of anilines is 2. The van der Waals surface area contributed by atoms with Crippen molar-refractivity contribution in [3.8, 4) is 5.75 Å². The molecule has 0 atom stereocenters. The Morgan fingerprint density at radius 3 is 2.38 bits per heavy atom. The Labute approximate surface area is 238 Å². The van der Waals surface area contributed by atoms with Crippen molar-refractivity contribution in [2.24, 2.45) is 0 Å². The molecular formula is C29H26BrN3O5S. The number of thioether (sulfide) groups is 1. The van der Waals surface area contributed by atoms with Crippen LogP contribution in [0.15, 0.2) is 70.0 Å². The lowest BCUT2D eigenvalue weighted by Crippen LogP contribution is -2.36. The van der Waals surface area contributed by atoms with Crippen LogP contribution in [0, 0.1) is 20.8 Å². The number of hydrogen-bond acceptors (Lipinski definition) is 6. The van der Waals surface area contributed by atoms with Gasteiger partial charge in [-0.25, -0.2) is 0 Å². The van der Waals surface area contributed by atoms with E-state index >= 15 is 0 Å².